The van der Waals surface area contributed by atoms with Crippen LogP contribution in [0.2, 0.25) is 0 Å². The van der Waals surface area contributed by atoms with Gasteiger partial charge in [0.25, 0.3) is 0 Å². The number of methoxy groups -OCH3 is 1. The molecule has 0 aliphatic heterocycles. The molecule has 2 aromatic carbocycles. The zero-order chi connectivity index (χ0) is 19.8. The van der Waals surface area contributed by atoms with Crippen LogP contribution in [0.1, 0.15) is 37.3 Å². The highest BCUT2D eigenvalue weighted by molar-refractivity contribution is 5.96. The van der Waals surface area contributed by atoms with Crippen molar-refractivity contribution in [2.24, 2.45) is 5.92 Å². The molecule has 0 aliphatic carbocycles. The fourth-order valence-corrected chi connectivity index (χ4v) is 2.91. The van der Waals surface area contributed by atoms with E-state index in [0.717, 1.165) is 23.2 Å². The maximum atomic E-state index is 13.0. The molecule has 1 N–H and O–H groups in total. The monoisotopic (exact) mass is 369 g/mol. The zero-order valence-corrected chi connectivity index (χ0v) is 16.3. The Morgan fingerprint density at radius 2 is 1.81 bits per heavy atom. The number of aryl methyl sites for hydroxylation is 1. The highest BCUT2D eigenvalue weighted by Gasteiger charge is 2.26. The van der Waals surface area contributed by atoms with Gasteiger partial charge in [0.2, 0.25) is 5.91 Å². The molecule has 5 heteroatoms. The summed E-state index contributed by atoms with van der Waals surface area (Å²) in [5, 5.41) is 3.04. The first-order chi connectivity index (χ1) is 13.0. The molecular formula is C22H27NO4. The highest BCUT2D eigenvalue weighted by Crippen LogP contribution is 2.29. The summed E-state index contributed by atoms with van der Waals surface area (Å²) in [6.07, 6.45) is 0.909. The third-order valence-electron chi connectivity index (χ3n) is 4.69. The molecule has 0 aromatic heterocycles. The second-order valence-corrected chi connectivity index (χ2v) is 6.60. The number of esters is 1. The molecule has 2 rings (SSSR count). The Kier molecular flexibility index (Phi) is 7.41. The first-order valence-electron chi connectivity index (χ1n) is 9.12. The number of hydrogen-bond donors (Lipinski definition) is 1. The third-order valence-corrected chi connectivity index (χ3v) is 4.69. The summed E-state index contributed by atoms with van der Waals surface area (Å²) in [7, 11) is 1.32. The van der Waals surface area contributed by atoms with E-state index in [1.54, 1.807) is 18.2 Å². The molecule has 0 saturated carbocycles. The van der Waals surface area contributed by atoms with E-state index in [9.17, 15) is 9.59 Å². The van der Waals surface area contributed by atoms with Gasteiger partial charge in [-0.3, -0.25) is 4.79 Å². The van der Waals surface area contributed by atoms with Gasteiger partial charge in [-0.2, -0.15) is 0 Å². The quantitative estimate of drug-likeness (QED) is 0.704. The molecule has 0 saturated heterocycles. The number of anilines is 1. The molecule has 0 heterocycles. The van der Waals surface area contributed by atoms with Crippen LogP contribution in [0.15, 0.2) is 48.5 Å². The van der Waals surface area contributed by atoms with E-state index >= 15 is 0 Å². The van der Waals surface area contributed by atoms with Crippen molar-refractivity contribution in [2.45, 2.75) is 33.1 Å². The molecule has 144 valence electrons. The summed E-state index contributed by atoms with van der Waals surface area (Å²) in [6.45, 7) is 5.92. The van der Waals surface area contributed by atoms with E-state index in [2.05, 4.69) is 23.9 Å². The lowest BCUT2D eigenvalue weighted by Gasteiger charge is -2.23. The molecule has 2 atom stereocenters. The lowest BCUT2D eigenvalue weighted by molar-refractivity contribution is -0.142. The number of rotatable bonds is 8. The number of ether oxygens (including phenoxy) is 2. The van der Waals surface area contributed by atoms with E-state index in [4.69, 9.17) is 4.74 Å². The molecule has 5 nitrogen and oxygen atoms in total. The molecule has 2 aromatic rings. The first kappa shape index (κ1) is 20.5. The van der Waals surface area contributed by atoms with Crippen molar-refractivity contribution in [1.29, 1.82) is 0 Å². The minimum Gasteiger partial charge on any atom is -0.482 e. The van der Waals surface area contributed by atoms with E-state index in [-0.39, 0.29) is 24.3 Å². The van der Waals surface area contributed by atoms with Gasteiger partial charge in [0.15, 0.2) is 6.61 Å². The average molecular weight is 369 g/mol. The van der Waals surface area contributed by atoms with Gasteiger partial charge in [-0.1, -0.05) is 50.6 Å². The van der Waals surface area contributed by atoms with Crippen LogP contribution in [-0.2, 0) is 14.3 Å². The molecule has 0 bridgehead atoms. The van der Waals surface area contributed by atoms with Crippen LogP contribution in [0.4, 0.5) is 5.69 Å². The number of carbonyl (C=O) groups is 2. The fourth-order valence-electron chi connectivity index (χ4n) is 2.91. The van der Waals surface area contributed by atoms with Crippen LogP contribution in [0, 0.1) is 12.8 Å². The summed E-state index contributed by atoms with van der Waals surface area (Å²) in [6, 6.07) is 15.2. The summed E-state index contributed by atoms with van der Waals surface area (Å²) in [4.78, 5) is 24.2. The van der Waals surface area contributed by atoms with Crippen LogP contribution in [-0.4, -0.2) is 25.6 Å². The predicted molar refractivity (Wildman–Crippen MR) is 106 cm³/mol. The first-order valence-corrected chi connectivity index (χ1v) is 9.12. The van der Waals surface area contributed by atoms with E-state index in [1.165, 1.54) is 7.11 Å². The molecule has 0 aliphatic rings. The number of benzene rings is 2. The lowest BCUT2D eigenvalue weighted by atomic mass is 9.85. The molecule has 0 spiro atoms. The van der Waals surface area contributed by atoms with Crippen LogP contribution in [0.5, 0.6) is 5.75 Å². The summed E-state index contributed by atoms with van der Waals surface area (Å²) in [5.41, 5.74) is 2.61. The van der Waals surface area contributed by atoms with Crippen LogP contribution >= 0.6 is 0 Å². The zero-order valence-electron chi connectivity index (χ0n) is 16.3. The van der Waals surface area contributed by atoms with Crippen molar-refractivity contribution >= 4 is 17.6 Å². The second-order valence-electron chi connectivity index (χ2n) is 6.60. The maximum absolute atomic E-state index is 13.0. The Morgan fingerprint density at radius 1 is 1.11 bits per heavy atom. The smallest absolute Gasteiger partial charge is 0.343 e. The van der Waals surface area contributed by atoms with Crippen molar-refractivity contribution in [3.05, 3.63) is 59.7 Å². The standard InChI is InChI=1S/C22H27NO4/c1-5-15(2)21(17-9-7-6-8-10-17)22(25)23-19-12-11-18(13-16(19)3)27-14-20(24)26-4/h6-13,15,21H,5,14H2,1-4H3,(H,23,25). The molecule has 2 unspecified atom stereocenters. The van der Waals surface area contributed by atoms with Gasteiger partial charge >= 0.3 is 5.97 Å². The molecular weight excluding hydrogens is 342 g/mol. The van der Waals surface area contributed by atoms with Crippen LogP contribution < -0.4 is 10.1 Å². The summed E-state index contributed by atoms with van der Waals surface area (Å²) < 4.78 is 9.94. The summed E-state index contributed by atoms with van der Waals surface area (Å²) >= 11 is 0. The average Bonchev–Trinajstić information content (AvgIpc) is 2.68. The van der Waals surface area contributed by atoms with Gasteiger partial charge in [0.05, 0.1) is 13.0 Å². The van der Waals surface area contributed by atoms with Gasteiger partial charge in [-0.25, -0.2) is 4.79 Å². The normalized spacial score (nSPS) is 12.7. The van der Waals surface area contributed by atoms with Crippen molar-refractivity contribution in [3.63, 3.8) is 0 Å². The van der Waals surface area contributed by atoms with Gasteiger partial charge in [0.1, 0.15) is 5.75 Å². The highest BCUT2D eigenvalue weighted by atomic mass is 16.6. The largest absolute Gasteiger partial charge is 0.482 e. The second kappa shape index (κ2) is 9.76. The Morgan fingerprint density at radius 3 is 2.41 bits per heavy atom. The van der Waals surface area contributed by atoms with Gasteiger partial charge in [0, 0.05) is 5.69 Å². The Balaban J connectivity index is 2.14. The minimum absolute atomic E-state index is 0.0260. The fraction of sp³-hybridized carbons (Fsp3) is 0.364. The number of nitrogens with one attached hydrogen (secondary N) is 1. The summed E-state index contributed by atoms with van der Waals surface area (Å²) in [5.74, 6) is 0.0878. The Hall–Kier alpha value is -2.82. The molecule has 27 heavy (non-hydrogen) atoms. The van der Waals surface area contributed by atoms with Crippen LogP contribution in [0.25, 0.3) is 0 Å². The van der Waals surface area contributed by atoms with Crippen molar-refractivity contribution in [3.8, 4) is 5.75 Å². The molecule has 0 fully saturated rings. The van der Waals surface area contributed by atoms with Crippen molar-refractivity contribution in [2.75, 3.05) is 19.0 Å². The third kappa shape index (κ3) is 5.58. The number of amides is 1. The minimum atomic E-state index is -0.440. The topological polar surface area (TPSA) is 64.6 Å². The Bertz CT molecular complexity index is 773. The van der Waals surface area contributed by atoms with Gasteiger partial charge < -0.3 is 14.8 Å². The number of carbonyl (C=O) groups excluding carboxylic acids is 2. The lowest BCUT2D eigenvalue weighted by Crippen LogP contribution is -2.26. The van der Waals surface area contributed by atoms with E-state index < -0.39 is 5.97 Å². The van der Waals surface area contributed by atoms with Crippen LogP contribution in [0.3, 0.4) is 0 Å². The van der Waals surface area contributed by atoms with E-state index in [0.29, 0.717) is 5.75 Å². The molecule has 0 radical (unpaired) electrons. The van der Waals surface area contributed by atoms with Crippen molar-refractivity contribution < 1.29 is 19.1 Å². The maximum Gasteiger partial charge on any atom is 0.343 e. The van der Waals surface area contributed by atoms with Gasteiger partial charge in [-0.05, 0) is 42.2 Å². The number of hydrogen-bond acceptors (Lipinski definition) is 4. The predicted octanol–water partition coefficient (Wildman–Crippen LogP) is 4.32. The SMILES string of the molecule is CCC(C)C(C(=O)Nc1ccc(OCC(=O)OC)cc1C)c1ccccc1. The van der Waals surface area contributed by atoms with E-state index in [1.807, 2.05) is 37.3 Å². The Labute approximate surface area is 160 Å². The molecule has 1 amide bonds. The van der Waals surface area contributed by atoms with Crippen molar-refractivity contribution in [1.82, 2.24) is 0 Å². The van der Waals surface area contributed by atoms with Gasteiger partial charge in [-0.15, -0.1) is 0 Å².